The average Bonchev–Trinajstić information content (AvgIpc) is 3.27. The first-order valence-electron chi connectivity index (χ1n) is 18.1. The van der Waals surface area contributed by atoms with Gasteiger partial charge in [-0.1, -0.05) is 78.4 Å². The minimum atomic E-state index is -0.220. The molecule has 4 aliphatic rings. The van der Waals surface area contributed by atoms with Gasteiger partial charge in [0, 0.05) is 19.6 Å². The third-order valence-corrected chi connectivity index (χ3v) is 12.4. The van der Waals surface area contributed by atoms with Gasteiger partial charge in [0.1, 0.15) is 6.10 Å². The molecule has 0 spiro atoms. The quantitative estimate of drug-likeness (QED) is 0.173. The molecule has 0 bridgehead atoms. The van der Waals surface area contributed by atoms with Crippen LogP contribution in [-0.4, -0.2) is 30.9 Å². The SMILES string of the molecule is CC(C)CCC[C@@H](C)C1CCC2C3CC=C4C[C@@H](OC(=O)NCCCCCCOC(C)(C)C)CC[C@]4(C)C3CC[C@@]21C. The highest BCUT2D eigenvalue weighted by Gasteiger charge is 2.59. The molecule has 0 aromatic rings. The number of alkyl carbamates (subject to hydrolysis) is 1. The van der Waals surface area contributed by atoms with Crippen LogP contribution in [0.5, 0.6) is 0 Å². The fourth-order valence-corrected chi connectivity index (χ4v) is 10.1. The van der Waals surface area contributed by atoms with Gasteiger partial charge in [-0.2, -0.15) is 0 Å². The van der Waals surface area contributed by atoms with E-state index in [9.17, 15) is 4.79 Å². The summed E-state index contributed by atoms with van der Waals surface area (Å²) in [4.78, 5) is 12.6. The minimum absolute atomic E-state index is 0.0341. The number of fused-ring (bicyclic) bond motifs is 5. The predicted molar refractivity (Wildman–Crippen MR) is 175 cm³/mol. The Morgan fingerprint density at radius 3 is 2.45 bits per heavy atom. The van der Waals surface area contributed by atoms with E-state index in [1.807, 2.05) is 0 Å². The van der Waals surface area contributed by atoms with Crippen LogP contribution in [0, 0.1) is 46.3 Å². The standard InChI is InChI=1S/C38H67NO3/c1-27(2)14-13-15-28(3)32-18-19-33-31-17-16-29-26-30(20-22-37(29,7)34(31)21-23-38(32,33)8)42-35(40)39-24-11-9-10-12-25-41-36(4,5)6/h16,27-28,30-34H,9-15,17-26H2,1-8H3,(H,39,40)/t28-,30+,31?,32?,33?,34?,37+,38-/m1/s1. The van der Waals surface area contributed by atoms with Gasteiger partial charge < -0.3 is 14.8 Å². The van der Waals surface area contributed by atoms with Gasteiger partial charge in [0.15, 0.2) is 0 Å². The van der Waals surface area contributed by atoms with Crippen LogP contribution in [0.4, 0.5) is 4.79 Å². The van der Waals surface area contributed by atoms with Gasteiger partial charge in [0.2, 0.25) is 0 Å². The number of nitrogens with one attached hydrogen (secondary N) is 1. The summed E-state index contributed by atoms with van der Waals surface area (Å²) in [7, 11) is 0. The molecule has 3 fully saturated rings. The Morgan fingerprint density at radius 2 is 1.71 bits per heavy atom. The molecule has 1 amide bonds. The number of unbranched alkanes of at least 4 members (excludes halogenated alkanes) is 3. The third-order valence-electron chi connectivity index (χ3n) is 12.4. The summed E-state index contributed by atoms with van der Waals surface area (Å²) in [5, 5.41) is 3.02. The number of carbonyl (C=O) groups excluding carboxylic acids is 1. The molecule has 242 valence electrons. The Labute approximate surface area is 259 Å². The Morgan fingerprint density at radius 1 is 0.952 bits per heavy atom. The van der Waals surface area contributed by atoms with Crippen LogP contribution in [0.1, 0.15) is 152 Å². The lowest BCUT2D eigenvalue weighted by Gasteiger charge is -2.58. The number of carbonyl (C=O) groups is 1. The lowest BCUT2D eigenvalue weighted by molar-refractivity contribution is -0.0581. The number of ether oxygens (including phenoxy) is 2. The van der Waals surface area contributed by atoms with E-state index in [1.54, 1.807) is 5.57 Å². The van der Waals surface area contributed by atoms with E-state index in [1.165, 1.54) is 57.8 Å². The highest BCUT2D eigenvalue weighted by atomic mass is 16.6. The van der Waals surface area contributed by atoms with E-state index in [2.05, 4.69) is 66.8 Å². The summed E-state index contributed by atoms with van der Waals surface area (Å²) in [5.74, 6) is 5.18. The summed E-state index contributed by atoms with van der Waals surface area (Å²) in [6.45, 7) is 20.4. The minimum Gasteiger partial charge on any atom is -0.446 e. The van der Waals surface area contributed by atoms with Crippen LogP contribution in [0.15, 0.2) is 11.6 Å². The zero-order valence-electron chi connectivity index (χ0n) is 28.9. The average molecular weight is 586 g/mol. The molecular formula is C38H67NO3. The molecule has 0 aromatic heterocycles. The molecule has 8 atom stereocenters. The molecule has 4 rings (SSSR count). The van der Waals surface area contributed by atoms with Gasteiger partial charge >= 0.3 is 6.09 Å². The van der Waals surface area contributed by atoms with Gasteiger partial charge in [0.05, 0.1) is 5.60 Å². The molecule has 4 unspecified atom stereocenters. The maximum Gasteiger partial charge on any atom is 0.407 e. The van der Waals surface area contributed by atoms with E-state index in [4.69, 9.17) is 9.47 Å². The van der Waals surface area contributed by atoms with Gasteiger partial charge in [0.25, 0.3) is 0 Å². The Bertz CT molecular complexity index is 905. The first-order chi connectivity index (χ1) is 19.8. The molecule has 0 aromatic carbocycles. The monoisotopic (exact) mass is 586 g/mol. The largest absolute Gasteiger partial charge is 0.446 e. The Kier molecular flexibility index (Phi) is 11.6. The van der Waals surface area contributed by atoms with Crippen molar-refractivity contribution in [1.82, 2.24) is 5.32 Å². The van der Waals surface area contributed by atoms with Crippen LogP contribution in [0.3, 0.4) is 0 Å². The lowest BCUT2D eigenvalue weighted by Crippen LogP contribution is -2.51. The summed E-state index contributed by atoms with van der Waals surface area (Å²) in [5.41, 5.74) is 2.39. The first-order valence-corrected chi connectivity index (χ1v) is 18.1. The van der Waals surface area contributed by atoms with Crippen molar-refractivity contribution in [2.45, 2.75) is 163 Å². The third kappa shape index (κ3) is 8.16. The lowest BCUT2D eigenvalue weighted by atomic mass is 9.47. The van der Waals surface area contributed by atoms with Crippen molar-refractivity contribution in [1.29, 1.82) is 0 Å². The van der Waals surface area contributed by atoms with Crippen molar-refractivity contribution in [3.05, 3.63) is 11.6 Å². The van der Waals surface area contributed by atoms with E-state index in [0.29, 0.717) is 17.4 Å². The first kappa shape index (κ1) is 33.9. The number of allylic oxidation sites excluding steroid dienone is 1. The summed E-state index contributed by atoms with van der Waals surface area (Å²) >= 11 is 0. The molecule has 4 heteroatoms. The molecule has 0 radical (unpaired) electrons. The number of amides is 1. The second kappa shape index (κ2) is 14.4. The van der Waals surface area contributed by atoms with Crippen molar-refractivity contribution in [2.75, 3.05) is 13.2 Å². The number of hydrogen-bond acceptors (Lipinski definition) is 3. The fourth-order valence-electron chi connectivity index (χ4n) is 10.1. The van der Waals surface area contributed by atoms with E-state index in [0.717, 1.165) is 80.6 Å². The zero-order valence-corrected chi connectivity index (χ0v) is 28.9. The fraction of sp³-hybridized carbons (Fsp3) is 0.921. The predicted octanol–water partition coefficient (Wildman–Crippen LogP) is 10.5. The Hall–Kier alpha value is -1.03. The second-order valence-electron chi connectivity index (χ2n) is 16.9. The van der Waals surface area contributed by atoms with E-state index >= 15 is 0 Å². The number of hydrogen-bond donors (Lipinski definition) is 1. The van der Waals surface area contributed by atoms with Crippen molar-refractivity contribution in [3.8, 4) is 0 Å². The van der Waals surface area contributed by atoms with Crippen molar-refractivity contribution in [2.24, 2.45) is 46.3 Å². The second-order valence-corrected chi connectivity index (χ2v) is 16.9. The van der Waals surface area contributed by atoms with E-state index < -0.39 is 0 Å². The molecule has 4 aliphatic carbocycles. The molecular weight excluding hydrogens is 518 g/mol. The normalized spacial score (nSPS) is 35.2. The van der Waals surface area contributed by atoms with Crippen LogP contribution < -0.4 is 5.32 Å². The summed E-state index contributed by atoms with van der Waals surface area (Å²) in [6, 6.07) is 0. The highest BCUT2D eigenvalue weighted by Crippen LogP contribution is 2.67. The van der Waals surface area contributed by atoms with Gasteiger partial charge in [-0.3, -0.25) is 0 Å². The van der Waals surface area contributed by atoms with Gasteiger partial charge in [-0.05, 0) is 125 Å². The van der Waals surface area contributed by atoms with Crippen LogP contribution in [0.25, 0.3) is 0 Å². The highest BCUT2D eigenvalue weighted by molar-refractivity contribution is 5.67. The van der Waals surface area contributed by atoms with Crippen LogP contribution in [0.2, 0.25) is 0 Å². The molecule has 4 nitrogen and oxygen atoms in total. The smallest absolute Gasteiger partial charge is 0.407 e. The number of rotatable bonds is 13. The summed E-state index contributed by atoms with van der Waals surface area (Å²) < 4.78 is 11.8. The maximum atomic E-state index is 12.6. The topological polar surface area (TPSA) is 47.6 Å². The Balaban J connectivity index is 1.23. The van der Waals surface area contributed by atoms with Crippen molar-refractivity contribution in [3.63, 3.8) is 0 Å². The molecule has 3 saturated carbocycles. The molecule has 0 aliphatic heterocycles. The summed E-state index contributed by atoms with van der Waals surface area (Å²) in [6.07, 6.45) is 21.1. The molecule has 0 heterocycles. The molecule has 42 heavy (non-hydrogen) atoms. The molecule has 0 saturated heterocycles. The van der Waals surface area contributed by atoms with Gasteiger partial charge in [-0.15, -0.1) is 0 Å². The van der Waals surface area contributed by atoms with Crippen molar-refractivity contribution < 1.29 is 14.3 Å². The van der Waals surface area contributed by atoms with Crippen LogP contribution in [-0.2, 0) is 9.47 Å². The van der Waals surface area contributed by atoms with E-state index in [-0.39, 0.29) is 17.8 Å². The van der Waals surface area contributed by atoms with Crippen molar-refractivity contribution >= 4 is 6.09 Å². The molecule has 1 N–H and O–H groups in total. The maximum absolute atomic E-state index is 12.6. The van der Waals surface area contributed by atoms with Crippen LogP contribution >= 0.6 is 0 Å². The zero-order chi connectivity index (χ0) is 30.5. The van der Waals surface area contributed by atoms with Gasteiger partial charge in [-0.25, -0.2) is 4.79 Å².